The fourth-order valence-corrected chi connectivity index (χ4v) is 3.34. The number of benzene rings is 2. The molecule has 1 fully saturated rings. The number of fused-ring (bicyclic) bond motifs is 1. The molecule has 2 aliphatic rings. The Hall–Kier alpha value is -2.09. The standard InChI is InChI=1S/C19H18O2/c1-12-9-15-10-14(7-8-18(15)21-12)19(20)17-11-16(17)13-5-3-2-4-6-13/h2-8,10,12,16-17H,9,11H2,1H3. The lowest BCUT2D eigenvalue weighted by Gasteiger charge is -2.04. The molecular weight excluding hydrogens is 260 g/mol. The van der Waals surface area contributed by atoms with Gasteiger partial charge in [0.2, 0.25) is 0 Å². The predicted octanol–water partition coefficient (Wildman–Crippen LogP) is 4.00. The highest BCUT2D eigenvalue weighted by molar-refractivity contribution is 6.00. The van der Waals surface area contributed by atoms with Crippen molar-refractivity contribution in [1.82, 2.24) is 0 Å². The molecule has 1 heterocycles. The first kappa shape index (κ1) is 12.6. The summed E-state index contributed by atoms with van der Waals surface area (Å²) in [6, 6.07) is 16.2. The van der Waals surface area contributed by atoms with E-state index < -0.39 is 0 Å². The van der Waals surface area contributed by atoms with Crippen molar-refractivity contribution in [1.29, 1.82) is 0 Å². The van der Waals surface area contributed by atoms with Crippen molar-refractivity contribution < 1.29 is 9.53 Å². The third kappa shape index (κ3) is 2.25. The molecule has 0 aromatic heterocycles. The number of rotatable bonds is 3. The Bertz CT molecular complexity index is 690. The lowest BCUT2D eigenvalue weighted by atomic mass is 10.00. The quantitative estimate of drug-likeness (QED) is 0.793. The van der Waals surface area contributed by atoms with Gasteiger partial charge in [-0.15, -0.1) is 0 Å². The second-order valence-electron chi connectivity index (χ2n) is 6.18. The zero-order valence-corrected chi connectivity index (χ0v) is 12.1. The summed E-state index contributed by atoms with van der Waals surface area (Å²) in [6.45, 7) is 2.06. The van der Waals surface area contributed by atoms with Crippen LogP contribution in [0.25, 0.3) is 0 Å². The smallest absolute Gasteiger partial charge is 0.166 e. The Morgan fingerprint density at radius 2 is 1.95 bits per heavy atom. The van der Waals surface area contributed by atoms with Crippen LogP contribution in [0.4, 0.5) is 0 Å². The fourth-order valence-electron chi connectivity index (χ4n) is 3.34. The number of hydrogen-bond acceptors (Lipinski definition) is 2. The first-order valence-corrected chi connectivity index (χ1v) is 7.61. The van der Waals surface area contributed by atoms with Crippen LogP contribution in [0.15, 0.2) is 48.5 Å². The van der Waals surface area contributed by atoms with Crippen molar-refractivity contribution in [2.75, 3.05) is 0 Å². The van der Waals surface area contributed by atoms with Crippen LogP contribution in [0.1, 0.15) is 40.7 Å². The molecule has 0 spiro atoms. The van der Waals surface area contributed by atoms with E-state index in [-0.39, 0.29) is 17.8 Å². The van der Waals surface area contributed by atoms with Gasteiger partial charge in [0.25, 0.3) is 0 Å². The molecule has 21 heavy (non-hydrogen) atoms. The topological polar surface area (TPSA) is 26.3 Å². The number of ketones is 1. The highest BCUT2D eigenvalue weighted by atomic mass is 16.5. The van der Waals surface area contributed by atoms with E-state index in [4.69, 9.17) is 4.74 Å². The number of Topliss-reactive ketones (excluding diaryl/α,β-unsaturated/α-hetero) is 1. The third-order valence-electron chi connectivity index (χ3n) is 4.54. The molecule has 0 radical (unpaired) electrons. The Labute approximate surface area is 124 Å². The summed E-state index contributed by atoms with van der Waals surface area (Å²) in [4.78, 5) is 12.6. The molecule has 2 nitrogen and oxygen atoms in total. The largest absolute Gasteiger partial charge is 0.490 e. The average Bonchev–Trinajstić information content (AvgIpc) is 3.22. The summed E-state index contributed by atoms with van der Waals surface area (Å²) >= 11 is 0. The minimum absolute atomic E-state index is 0.158. The van der Waals surface area contributed by atoms with Crippen LogP contribution in [0.5, 0.6) is 5.75 Å². The highest BCUT2D eigenvalue weighted by Gasteiger charge is 2.44. The maximum absolute atomic E-state index is 12.6. The van der Waals surface area contributed by atoms with Crippen LogP contribution in [0, 0.1) is 5.92 Å². The summed E-state index contributed by atoms with van der Waals surface area (Å²) < 4.78 is 5.70. The molecular formula is C19H18O2. The zero-order chi connectivity index (χ0) is 14.4. The van der Waals surface area contributed by atoms with Gasteiger partial charge in [-0.1, -0.05) is 30.3 Å². The van der Waals surface area contributed by atoms with E-state index >= 15 is 0 Å². The fraction of sp³-hybridized carbons (Fsp3) is 0.316. The van der Waals surface area contributed by atoms with E-state index in [2.05, 4.69) is 19.1 Å². The monoisotopic (exact) mass is 278 g/mol. The van der Waals surface area contributed by atoms with Crippen LogP contribution in [0.3, 0.4) is 0 Å². The number of carbonyl (C=O) groups is 1. The van der Waals surface area contributed by atoms with E-state index in [1.165, 1.54) is 11.1 Å². The molecule has 4 rings (SSSR count). The van der Waals surface area contributed by atoms with Crippen molar-refractivity contribution in [3.8, 4) is 5.75 Å². The lowest BCUT2D eigenvalue weighted by molar-refractivity contribution is 0.0965. The first-order valence-electron chi connectivity index (χ1n) is 7.61. The van der Waals surface area contributed by atoms with Crippen molar-refractivity contribution in [3.63, 3.8) is 0 Å². The van der Waals surface area contributed by atoms with Crippen LogP contribution in [-0.4, -0.2) is 11.9 Å². The third-order valence-corrected chi connectivity index (χ3v) is 4.54. The van der Waals surface area contributed by atoms with E-state index in [1.54, 1.807) is 0 Å². The Balaban J connectivity index is 1.53. The zero-order valence-electron chi connectivity index (χ0n) is 12.1. The van der Waals surface area contributed by atoms with Gasteiger partial charge in [-0.3, -0.25) is 4.79 Å². The second-order valence-corrected chi connectivity index (χ2v) is 6.18. The average molecular weight is 278 g/mol. The molecule has 0 bridgehead atoms. The normalized spacial score (nSPS) is 26.0. The van der Waals surface area contributed by atoms with Crippen molar-refractivity contribution in [2.24, 2.45) is 5.92 Å². The molecule has 1 saturated carbocycles. The minimum Gasteiger partial charge on any atom is -0.490 e. The molecule has 0 amide bonds. The summed E-state index contributed by atoms with van der Waals surface area (Å²) in [7, 11) is 0. The maximum atomic E-state index is 12.6. The van der Waals surface area contributed by atoms with Gasteiger partial charge in [0.1, 0.15) is 11.9 Å². The van der Waals surface area contributed by atoms with Crippen LogP contribution in [-0.2, 0) is 6.42 Å². The van der Waals surface area contributed by atoms with Gasteiger partial charge >= 0.3 is 0 Å². The molecule has 2 heteroatoms. The Morgan fingerprint density at radius 3 is 2.76 bits per heavy atom. The summed E-state index contributed by atoms with van der Waals surface area (Å²) in [5.41, 5.74) is 3.30. The molecule has 106 valence electrons. The van der Waals surface area contributed by atoms with Gasteiger partial charge in [0.05, 0.1) is 0 Å². The van der Waals surface area contributed by atoms with Crippen molar-refractivity contribution >= 4 is 5.78 Å². The number of carbonyl (C=O) groups excluding carboxylic acids is 1. The van der Waals surface area contributed by atoms with Gasteiger partial charge in [0.15, 0.2) is 5.78 Å². The minimum atomic E-state index is 0.158. The molecule has 3 unspecified atom stereocenters. The molecule has 2 aromatic rings. The molecule has 3 atom stereocenters. The van der Waals surface area contributed by atoms with Gasteiger partial charge in [-0.2, -0.15) is 0 Å². The maximum Gasteiger partial charge on any atom is 0.166 e. The van der Waals surface area contributed by atoms with Crippen LogP contribution < -0.4 is 4.74 Å². The molecule has 0 saturated heterocycles. The Kier molecular flexibility index (Phi) is 2.85. The van der Waals surface area contributed by atoms with E-state index in [1.807, 2.05) is 36.4 Å². The van der Waals surface area contributed by atoms with Gasteiger partial charge < -0.3 is 4.74 Å². The van der Waals surface area contributed by atoms with E-state index in [9.17, 15) is 4.79 Å². The van der Waals surface area contributed by atoms with Gasteiger partial charge in [-0.25, -0.2) is 0 Å². The van der Waals surface area contributed by atoms with Crippen molar-refractivity contribution in [2.45, 2.75) is 31.8 Å². The molecule has 0 N–H and O–H groups in total. The second kappa shape index (κ2) is 4.73. The van der Waals surface area contributed by atoms with Gasteiger partial charge in [-0.05, 0) is 48.6 Å². The molecule has 1 aliphatic heterocycles. The summed E-state index contributed by atoms with van der Waals surface area (Å²) in [6.07, 6.45) is 2.11. The highest BCUT2D eigenvalue weighted by Crippen LogP contribution is 2.49. The molecule has 1 aliphatic carbocycles. The molecule has 2 aromatic carbocycles. The van der Waals surface area contributed by atoms with Crippen LogP contribution in [0.2, 0.25) is 0 Å². The summed E-state index contributed by atoms with van der Waals surface area (Å²) in [5, 5.41) is 0. The van der Waals surface area contributed by atoms with E-state index in [0.29, 0.717) is 5.92 Å². The van der Waals surface area contributed by atoms with Gasteiger partial charge in [0, 0.05) is 17.9 Å². The Morgan fingerprint density at radius 1 is 1.14 bits per heavy atom. The number of hydrogen-bond donors (Lipinski definition) is 0. The number of ether oxygens (including phenoxy) is 1. The predicted molar refractivity (Wildman–Crippen MR) is 81.9 cm³/mol. The lowest BCUT2D eigenvalue weighted by Crippen LogP contribution is -2.05. The SMILES string of the molecule is CC1Cc2cc(C(=O)C3CC3c3ccccc3)ccc2O1. The summed E-state index contributed by atoms with van der Waals surface area (Å²) in [5.74, 6) is 1.79. The van der Waals surface area contributed by atoms with Crippen molar-refractivity contribution in [3.05, 3.63) is 65.2 Å². The van der Waals surface area contributed by atoms with E-state index in [0.717, 1.165) is 24.2 Å². The first-order chi connectivity index (χ1) is 10.2. The van der Waals surface area contributed by atoms with Crippen LogP contribution >= 0.6 is 0 Å².